The van der Waals surface area contributed by atoms with Gasteiger partial charge in [-0.05, 0) is 32.3 Å². The van der Waals surface area contributed by atoms with Gasteiger partial charge in [0.05, 0.1) is 0 Å². The van der Waals surface area contributed by atoms with Crippen LogP contribution in [0.5, 0.6) is 0 Å². The summed E-state index contributed by atoms with van der Waals surface area (Å²) < 4.78 is 0. The van der Waals surface area contributed by atoms with Gasteiger partial charge in [0, 0.05) is 25.6 Å². The molecule has 2 amide bonds. The van der Waals surface area contributed by atoms with Crippen LogP contribution in [0.3, 0.4) is 0 Å². The first-order valence-electron chi connectivity index (χ1n) is 7.85. The summed E-state index contributed by atoms with van der Waals surface area (Å²) in [4.78, 5) is 26.0. The molecule has 1 aromatic carbocycles. The Labute approximate surface area is 131 Å². The highest BCUT2D eigenvalue weighted by molar-refractivity contribution is 5.90. The van der Waals surface area contributed by atoms with E-state index in [1.165, 1.54) is 5.56 Å². The van der Waals surface area contributed by atoms with Crippen LogP contribution in [0.25, 0.3) is 0 Å². The van der Waals surface area contributed by atoms with Gasteiger partial charge in [-0.1, -0.05) is 29.8 Å². The Hall–Kier alpha value is -1.88. The smallest absolute Gasteiger partial charge is 0.242 e. The third kappa shape index (κ3) is 4.31. The molecular formula is C17H25N3O2. The summed E-state index contributed by atoms with van der Waals surface area (Å²) in [6.45, 7) is 4.98. The van der Waals surface area contributed by atoms with E-state index in [2.05, 4.69) is 5.32 Å². The van der Waals surface area contributed by atoms with E-state index in [0.717, 1.165) is 12.0 Å². The Morgan fingerprint density at radius 1 is 1.41 bits per heavy atom. The molecule has 120 valence electrons. The predicted octanol–water partition coefficient (Wildman–Crippen LogP) is 1.34. The summed E-state index contributed by atoms with van der Waals surface area (Å²) >= 11 is 0. The average molecular weight is 303 g/mol. The number of amides is 2. The van der Waals surface area contributed by atoms with Gasteiger partial charge in [-0.2, -0.15) is 0 Å². The number of rotatable bonds is 6. The van der Waals surface area contributed by atoms with Crippen LogP contribution in [-0.2, 0) is 16.1 Å². The Bertz CT molecular complexity index is 525. The van der Waals surface area contributed by atoms with Gasteiger partial charge in [-0.25, -0.2) is 0 Å². The second-order valence-corrected chi connectivity index (χ2v) is 6.12. The topological polar surface area (TPSA) is 75.4 Å². The first kappa shape index (κ1) is 16.5. The number of likely N-dealkylation sites (tertiary alicyclic amines) is 1. The summed E-state index contributed by atoms with van der Waals surface area (Å²) in [7, 11) is 0. The van der Waals surface area contributed by atoms with Crippen LogP contribution in [0.15, 0.2) is 24.3 Å². The molecule has 1 aromatic rings. The zero-order valence-corrected chi connectivity index (χ0v) is 13.3. The van der Waals surface area contributed by atoms with Gasteiger partial charge in [0.15, 0.2) is 0 Å². The second-order valence-electron chi connectivity index (χ2n) is 6.12. The maximum atomic E-state index is 12.3. The average Bonchev–Trinajstić information content (AvgIpc) is 2.82. The van der Waals surface area contributed by atoms with Crippen molar-refractivity contribution in [2.24, 2.45) is 5.73 Å². The Morgan fingerprint density at radius 2 is 2.09 bits per heavy atom. The highest BCUT2D eigenvalue weighted by atomic mass is 16.2. The molecule has 3 N–H and O–H groups in total. The van der Waals surface area contributed by atoms with E-state index in [-0.39, 0.29) is 23.9 Å². The Kier molecular flexibility index (Phi) is 5.55. The number of carbonyl (C=O) groups excluding carboxylic acids is 2. The molecule has 2 unspecified atom stereocenters. The van der Waals surface area contributed by atoms with Crippen molar-refractivity contribution in [2.45, 2.75) is 51.7 Å². The molecule has 22 heavy (non-hydrogen) atoms. The van der Waals surface area contributed by atoms with Crippen LogP contribution in [0, 0.1) is 6.92 Å². The van der Waals surface area contributed by atoms with E-state index < -0.39 is 0 Å². The van der Waals surface area contributed by atoms with Gasteiger partial charge in [0.25, 0.3) is 0 Å². The van der Waals surface area contributed by atoms with Crippen molar-refractivity contribution in [3.05, 3.63) is 35.4 Å². The molecule has 0 spiro atoms. The summed E-state index contributed by atoms with van der Waals surface area (Å²) in [6, 6.07) is 7.76. The monoisotopic (exact) mass is 303 g/mol. The van der Waals surface area contributed by atoms with E-state index in [1.807, 2.05) is 38.1 Å². The first-order valence-corrected chi connectivity index (χ1v) is 7.85. The van der Waals surface area contributed by atoms with Crippen LogP contribution in [0.4, 0.5) is 0 Å². The molecule has 5 nitrogen and oxygen atoms in total. The third-order valence-corrected chi connectivity index (χ3v) is 4.00. The second kappa shape index (κ2) is 7.40. The normalized spacial score (nSPS) is 19.3. The van der Waals surface area contributed by atoms with Crippen molar-refractivity contribution in [2.75, 3.05) is 6.54 Å². The lowest BCUT2D eigenvalue weighted by atomic mass is 10.1. The summed E-state index contributed by atoms with van der Waals surface area (Å²) in [5, 5.41) is 2.89. The van der Waals surface area contributed by atoms with Gasteiger partial charge < -0.3 is 16.0 Å². The fourth-order valence-corrected chi connectivity index (χ4v) is 2.64. The number of nitrogens with two attached hydrogens (primary N) is 1. The molecule has 0 bridgehead atoms. The lowest BCUT2D eigenvalue weighted by molar-refractivity contribution is -0.135. The van der Waals surface area contributed by atoms with Crippen molar-refractivity contribution >= 4 is 11.8 Å². The number of nitrogens with one attached hydrogen (secondary N) is 1. The minimum Gasteiger partial charge on any atom is -0.354 e. The van der Waals surface area contributed by atoms with Crippen molar-refractivity contribution in [3.63, 3.8) is 0 Å². The van der Waals surface area contributed by atoms with Gasteiger partial charge in [0.1, 0.15) is 6.04 Å². The lowest BCUT2D eigenvalue weighted by Crippen LogP contribution is -2.45. The van der Waals surface area contributed by atoms with Crippen molar-refractivity contribution in [3.8, 4) is 0 Å². The van der Waals surface area contributed by atoms with E-state index >= 15 is 0 Å². The van der Waals surface area contributed by atoms with Crippen LogP contribution in [0.1, 0.15) is 37.3 Å². The van der Waals surface area contributed by atoms with E-state index in [9.17, 15) is 9.59 Å². The highest BCUT2D eigenvalue weighted by Gasteiger charge is 2.35. The number of hydrogen-bond donors (Lipinski definition) is 2. The number of hydrogen-bond acceptors (Lipinski definition) is 3. The molecule has 2 rings (SSSR count). The number of benzene rings is 1. The fourth-order valence-electron chi connectivity index (χ4n) is 2.64. The lowest BCUT2D eigenvalue weighted by Gasteiger charge is -2.24. The number of carbonyl (C=O) groups is 2. The molecule has 1 aliphatic rings. The minimum atomic E-state index is -0.359. The number of nitrogens with zero attached hydrogens (tertiary/aromatic N) is 1. The molecule has 0 saturated carbocycles. The Balaban J connectivity index is 1.96. The molecule has 0 radical (unpaired) electrons. The Morgan fingerprint density at radius 3 is 2.73 bits per heavy atom. The molecule has 5 heteroatoms. The van der Waals surface area contributed by atoms with Crippen molar-refractivity contribution in [1.29, 1.82) is 0 Å². The molecule has 1 saturated heterocycles. The maximum absolute atomic E-state index is 12.3. The van der Waals surface area contributed by atoms with Gasteiger partial charge in [-0.15, -0.1) is 0 Å². The van der Waals surface area contributed by atoms with Crippen LogP contribution >= 0.6 is 0 Å². The quantitative estimate of drug-likeness (QED) is 0.832. The summed E-state index contributed by atoms with van der Waals surface area (Å²) in [5.41, 5.74) is 7.91. The SMILES string of the molecule is Cc1ccc(CN2C(=O)CCC2C(=O)NCCC(C)N)cc1. The van der Waals surface area contributed by atoms with Crippen molar-refractivity contribution in [1.82, 2.24) is 10.2 Å². The van der Waals surface area contributed by atoms with Crippen LogP contribution in [0.2, 0.25) is 0 Å². The van der Waals surface area contributed by atoms with Crippen molar-refractivity contribution < 1.29 is 9.59 Å². The molecular weight excluding hydrogens is 278 g/mol. The molecule has 1 fully saturated rings. The van der Waals surface area contributed by atoms with Crippen LogP contribution in [-0.4, -0.2) is 35.3 Å². The molecule has 1 aliphatic heterocycles. The molecule has 2 atom stereocenters. The van der Waals surface area contributed by atoms with E-state index in [1.54, 1.807) is 4.90 Å². The van der Waals surface area contributed by atoms with Gasteiger partial charge in [-0.3, -0.25) is 9.59 Å². The maximum Gasteiger partial charge on any atom is 0.242 e. The largest absolute Gasteiger partial charge is 0.354 e. The van der Waals surface area contributed by atoms with Gasteiger partial charge >= 0.3 is 0 Å². The first-order chi connectivity index (χ1) is 10.5. The zero-order chi connectivity index (χ0) is 16.1. The van der Waals surface area contributed by atoms with E-state index in [0.29, 0.717) is 25.9 Å². The van der Waals surface area contributed by atoms with Crippen LogP contribution < -0.4 is 11.1 Å². The predicted molar refractivity (Wildman–Crippen MR) is 86.0 cm³/mol. The standard InChI is InChI=1S/C17H25N3O2/c1-12-3-5-14(6-4-12)11-20-15(7-8-16(20)21)17(22)19-10-9-13(2)18/h3-6,13,15H,7-11,18H2,1-2H3,(H,19,22). The zero-order valence-electron chi connectivity index (χ0n) is 13.3. The molecule has 0 aliphatic carbocycles. The fraction of sp³-hybridized carbons (Fsp3) is 0.529. The molecule has 1 heterocycles. The number of aryl methyl sites for hydroxylation is 1. The third-order valence-electron chi connectivity index (χ3n) is 4.00. The summed E-state index contributed by atoms with van der Waals surface area (Å²) in [6.07, 6.45) is 1.77. The van der Waals surface area contributed by atoms with Gasteiger partial charge in [0.2, 0.25) is 11.8 Å². The highest BCUT2D eigenvalue weighted by Crippen LogP contribution is 2.22. The summed E-state index contributed by atoms with van der Waals surface area (Å²) in [5.74, 6) is -0.0217. The minimum absolute atomic E-state index is 0.0490. The molecule has 0 aromatic heterocycles. The van der Waals surface area contributed by atoms with E-state index in [4.69, 9.17) is 5.73 Å².